The van der Waals surface area contributed by atoms with Gasteiger partial charge in [0.05, 0.1) is 5.92 Å². The third-order valence-corrected chi connectivity index (χ3v) is 8.03. The summed E-state index contributed by atoms with van der Waals surface area (Å²) in [5, 5.41) is 19.2. The van der Waals surface area contributed by atoms with Crippen molar-refractivity contribution in [3.63, 3.8) is 0 Å². The lowest BCUT2D eigenvalue weighted by atomic mass is 9.69. The number of Topliss-reactive ketones (excluding diaryl/α,β-unsaturated/α-hetero) is 1. The molecule has 6 nitrogen and oxygen atoms in total. The second-order valence-electron chi connectivity index (χ2n) is 10.5. The van der Waals surface area contributed by atoms with Crippen LogP contribution < -0.4 is 0 Å². The fourth-order valence-corrected chi connectivity index (χ4v) is 6.06. The first-order valence-corrected chi connectivity index (χ1v) is 13.6. The Morgan fingerprint density at radius 1 is 0.973 bits per heavy atom. The zero-order valence-corrected chi connectivity index (χ0v) is 21.7. The van der Waals surface area contributed by atoms with E-state index in [-0.39, 0.29) is 29.9 Å². The van der Waals surface area contributed by atoms with Gasteiger partial charge in [0, 0.05) is 50.2 Å². The molecule has 0 bridgehead atoms. The van der Waals surface area contributed by atoms with E-state index in [1.165, 1.54) is 18.2 Å². The minimum atomic E-state index is -0.562. The molecule has 2 aliphatic rings. The molecule has 0 saturated carbocycles. The molecule has 2 aromatic rings. The number of aliphatic hydroxyl groups excluding tert-OH is 1. The van der Waals surface area contributed by atoms with Crippen LogP contribution in [0.15, 0.2) is 42.5 Å². The first kappa shape index (κ1) is 27.3. The van der Waals surface area contributed by atoms with Crippen molar-refractivity contribution in [3.8, 4) is 5.75 Å². The van der Waals surface area contributed by atoms with Crippen LogP contribution in [0.5, 0.6) is 5.75 Å². The van der Waals surface area contributed by atoms with Crippen LogP contribution in [0, 0.1) is 24.6 Å². The summed E-state index contributed by atoms with van der Waals surface area (Å²) >= 11 is 0. The van der Waals surface area contributed by atoms with Gasteiger partial charge in [-0.05, 0) is 81.3 Å². The Kier molecular flexibility index (Phi) is 9.33. The second-order valence-corrected chi connectivity index (χ2v) is 10.5. The van der Waals surface area contributed by atoms with Gasteiger partial charge in [0.15, 0.2) is 5.78 Å². The number of piperidine rings is 2. The number of unbranched alkanes of at least 4 members (excludes halogenated alkanes) is 2. The Labute approximate surface area is 219 Å². The highest BCUT2D eigenvalue weighted by atomic mass is 19.1. The Morgan fingerprint density at radius 3 is 2.43 bits per heavy atom. The Morgan fingerprint density at radius 2 is 1.70 bits per heavy atom. The lowest BCUT2D eigenvalue weighted by Gasteiger charge is -2.45. The number of rotatable bonds is 9. The molecule has 4 rings (SSSR count). The zero-order valence-electron chi connectivity index (χ0n) is 21.7. The van der Waals surface area contributed by atoms with E-state index in [1.54, 1.807) is 25.1 Å². The number of hydrogen-bond donors (Lipinski definition) is 2. The van der Waals surface area contributed by atoms with Crippen molar-refractivity contribution in [3.05, 3.63) is 65.0 Å². The molecule has 37 heavy (non-hydrogen) atoms. The number of aromatic hydroxyl groups is 1. The molecule has 0 aromatic heterocycles. The van der Waals surface area contributed by atoms with Gasteiger partial charge in [0.1, 0.15) is 11.6 Å². The first-order chi connectivity index (χ1) is 17.9. The lowest BCUT2D eigenvalue weighted by Crippen LogP contribution is -2.54. The number of phenols is 1. The maximum absolute atomic E-state index is 14.8. The summed E-state index contributed by atoms with van der Waals surface area (Å²) in [7, 11) is 0. The lowest BCUT2D eigenvalue weighted by molar-refractivity contribution is -0.139. The maximum Gasteiger partial charge on any atom is 0.227 e. The van der Waals surface area contributed by atoms with Crippen LogP contribution in [-0.4, -0.2) is 71.0 Å². The van der Waals surface area contributed by atoms with Crippen LogP contribution in [0.4, 0.5) is 4.39 Å². The molecule has 2 fully saturated rings. The number of nitrogens with zero attached hydrogens (tertiary/aromatic N) is 2. The zero-order chi connectivity index (χ0) is 26.4. The summed E-state index contributed by atoms with van der Waals surface area (Å²) in [6.07, 6.45) is 5.51. The molecule has 1 amide bonds. The molecule has 0 unspecified atom stereocenters. The van der Waals surface area contributed by atoms with Crippen molar-refractivity contribution in [1.82, 2.24) is 9.80 Å². The van der Waals surface area contributed by atoms with Crippen LogP contribution in [0.3, 0.4) is 0 Å². The standard InChI is InChI=1S/C30H39FN2O4/c1-21-24(12-9-13-27(21)31)28-25(29(36)22-10-8-11-23(35)18-22)19-32(14-4-3-7-17-34)20-26(28)30(37)33-15-5-2-6-16-33/h8-13,18,25-26,28,34-35H,2-7,14-17,19-20H2,1H3/t25-,26-,28-/m0/s1. The average molecular weight is 511 g/mol. The van der Waals surface area contributed by atoms with Crippen molar-refractivity contribution >= 4 is 11.7 Å². The van der Waals surface area contributed by atoms with Gasteiger partial charge in [-0.25, -0.2) is 4.39 Å². The summed E-state index contributed by atoms with van der Waals surface area (Å²) in [6.45, 7) is 5.00. The molecule has 0 aliphatic carbocycles. The molecule has 2 saturated heterocycles. The van der Waals surface area contributed by atoms with Crippen LogP contribution in [0.25, 0.3) is 0 Å². The predicted molar refractivity (Wildman–Crippen MR) is 141 cm³/mol. The van der Waals surface area contributed by atoms with Gasteiger partial charge in [-0.15, -0.1) is 0 Å². The first-order valence-electron chi connectivity index (χ1n) is 13.6. The molecule has 2 heterocycles. The van der Waals surface area contributed by atoms with Crippen LogP contribution >= 0.6 is 0 Å². The van der Waals surface area contributed by atoms with Crippen molar-refractivity contribution < 1.29 is 24.2 Å². The normalized spacial score (nSPS) is 22.7. The third kappa shape index (κ3) is 6.39. The smallest absolute Gasteiger partial charge is 0.227 e. The number of hydrogen-bond acceptors (Lipinski definition) is 5. The van der Waals surface area contributed by atoms with Gasteiger partial charge in [-0.3, -0.25) is 9.59 Å². The molecule has 2 N–H and O–H groups in total. The minimum Gasteiger partial charge on any atom is -0.508 e. The van der Waals surface area contributed by atoms with Crippen molar-refractivity contribution in [2.75, 3.05) is 39.3 Å². The summed E-state index contributed by atoms with van der Waals surface area (Å²) < 4.78 is 14.8. The number of likely N-dealkylation sites (tertiary alicyclic amines) is 2. The highest BCUT2D eigenvalue weighted by Crippen LogP contribution is 2.42. The van der Waals surface area contributed by atoms with Crippen molar-refractivity contribution in [2.24, 2.45) is 11.8 Å². The molecular weight excluding hydrogens is 471 g/mol. The predicted octanol–water partition coefficient (Wildman–Crippen LogP) is 4.53. The van der Waals surface area contributed by atoms with Gasteiger partial charge in [0.2, 0.25) is 5.91 Å². The largest absolute Gasteiger partial charge is 0.508 e. The highest BCUT2D eigenvalue weighted by molar-refractivity contribution is 5.99. The van der Waals surface area contributed by atoms with Crippen LogP contribution in [-0.2, 0) is 4.79 Å². The van der Waals surface area contributed by atoms with E-state index in [0.717, 1.165) is 45.1 Å². The quantitative estimate of drug-likeness (QED) is 0.383. The highest BCUT2D eigenvalue weighted by Gasteiger charge is 2.46. The van der Waals surface area contributed by atoms with E-state index in [4.69, 9.17) is 0 Å². The summed E-state index contributed by atoms with van der Waals surface area (Å²) in [5.41, 5.74) is 1.60. The topological polar surface area (TPSA) is 81.1 Å². The second kappa shape index (κ2) is 12.7. The monoisotopic (exact) mass is 510 g/mol. The van der Waals surface area contributed by atoms with Crippen molar-refractivity contribution in [2.45, 2.75) is 51.4 Å². The van der Waals surface area contributed by atoms with E-state index in [2.05, 4.69) is 4.90 Å². The van der Waals surface area contributed by atoms with Gasteiger partial charge < -0.3 is 20.0 Å². The van der Waals surface area contributed by atoms with E-state index in [1.807, 2.05) is 11.0 Å². The van der Waals surface area contributed by atoms with Gasteiger partial charge >= 0.3 is 0 Å². The van der Waals surface area contributed by atoms with Gasteiger partial charge in [-0.2, -0.15) is 0 Å². The van der Waals surface area contributed by atoms with E-state index >= 15 is 0 Å². The summed E-state index contributed by atoms with van der Waals surface area (Å²) in [5.74, 6) is -1.92. The Balaban J connectivity index is 1.75. The van der Waals surface area contributed by atoms with Gasteiger partial charge in [0.25, 0.3) is 0 Å². The Bertz CT molecular complexity index is 1090. The number of aliphatic hydroxyl groups is 1. The van der Waals surface area contributed by atoms with Crippen LogP contribution in [0.2, 0.25) is 0 Å². The number of ketones is 1. The summed E-state index contributed by atoms with van der Waals surface area (Å²) in [6, 6.07) is 11.3. The molecular formula is C30H39FN2O4. The molecule has 0 radical (unpaired) electrons. The fourth-order valence-electron chi connectivity index (χ4n) is 6.06. The average Bonchev–Trinajstić information content (AvgIpc) is 2.92. The number of halogens is 1. The SMILES string of the molecule is Cc1c(F)cccc1[C@H]1[C@@H](C(=O)c2cccc(O)c2)CN(CCCCCO)C[C@@H]1C(=O)N1CCCCC1. The molecule has 200 valence electrons. The van der Waals surface area contributed by atoms with Crippen molar-refractivity contribution in [1.29, 1.82) is 0 Å². The van der Waals surface area contributed by atoms with E-state index < -0.39 is 17.8 Å². The summed E-state index contributed by atoms with van der Waals surface area (Å²) in [4.78, 5) is 32.2. The number of carbonyl (C=O) groups is 2. The molecule has 7 heteroatoms. The number of carbonyl (C=O) groups excluding carboxylic acids is 2. The third-order valence-electron chi connectivity index (χ3n) is 8.03. The van der Waals surface area contributed by atoms with Gasteiger partial charge in [-0.1, -0.05) is 24.3 Å². The molecule has 3 atom stereocenters. The molecule has 2 aromatic carbocycles. The molecule has 0 spiro atoms. The fraction of sp³-hybridized carbons (Fsp3) is 0.533. The number of phenolic OH excluding ortho intramolecular Hbond substituents is 1. The minimum absolute atomic E-state index is 0.0157. The maximum atomic E-state index is 14.8. The Hall–Kier alpha value is -2.77. The van der Waals surface area contributed by atoms with E-state index in [9.17, 15) is 24.2 Å². The number of benzene rings is 2. The van der Waals surface area contributed by atoms with E-state index in [0.29, 0.717) is 42.9 Å². The molecule has 2 aliphatic heterocycles. The van der Waals surface area contributed by atoms with Crippen LogP contribution in [0.1, 0.15) is 65.9 Å². The number of amides is 1.